The number of hydrogen-bond donors (Lipinski definition) is 5. The Bertz CT molecular complexity index is 1070. The number of nitrogens with zero attached hydrogens (tertiary/aromatic N) is 2. The van der Waals surface area contributed by atoms with Crippen molar-refractivity contribution in [3.8, 4) is 0 Å². The van der Waals surface area contributed by atoms with Gasteiger partial charge in [-0.2, -0.15) is 0 Å². The Morgan fingerprint density at radius 3 is 1.98 bits per heavy atom. The molecule has 292 valence electrons. The van der Waals surface area contributed by atoms with Crippen LogP contribution in [0.1, 0.15) is 120 Å². The minimum Gasteiger partial charge on any atom is -0.403 e. The molecule has 0 aromatic heterocycles. The Labute approximate surface area is 307 Å². The molecule has 3 aliphatic rings. The number of aliphatic imine (C=N–C) groups is 1. The van der Waals surface area contributed by atoms with Crippen LogP contribution in [0.25, 0.3) is 0 Å². The Morgan fingerprint density at radius 1 is 0.941 bits per heavy atom. The largest absolute Gasteiger partial charge is 0.403 e. The maximum Gasteiger partial charge on any atom is 0.266 e. The summed E-state index contributed by atoms with van der Waals surface area (Å²) in [5.74, 6) is 0.862. The maximum absolute atomic E-state index is 12.8. The lowest BCUT2D eigenvalue weighted by Gasteiger charge is -2.30. The van der Waals surface area contributed by atoms with E-state index in [0.29, 0.717) is 25.3 Å². The van der Waals surface area contributed by atoms with Gasteiger partial charge in [-0.05, 0) is 70.6 Å². The SMILES string of the molecule is C=CCNC=O.CC.CC(=N/C=C\N)C(=O)NC(C(=O)NCC(=O)N1CCCC1C)C1CCCCC1.CC(=O)C(CC1CC1)NC=O.CC(C)C. The molecule has 2 aliphatic carbocycles. The molecule has 13 heteroatoms. The number of carbonyl (C=O) groups excluding carboxylic acids is 6. The van der Waals surface area contributed by atoms with Crippen molar-refractivity contribution in [3.05, 3.63) is 25.1 Å². The Kier molecular flexibility index (Phi) is 29.6. The predicted molar refractivity (Wildman–Crippen MR) is 205 cm³/mol. The molecular formula is C38H69N7O6. The summed E-state index contributed by atoms with van der Waals surface area (Å²) in [7, 11) is 0. The van der Waals surface area contributed by atoms with Crippen LogP contribution in [0.3, 0.4) is 0 Å². The van der Waals surface area contributed by atoms with Gasteiger partial charge in [-0.25, -0.2) is 0 Å². The van der Waals surface area contributed by atoms with Crippen LogP contribution in [0, 0.1) is 17.8 Å². The van der Waals surface area contributed by atoms with Gasteiger partial charge in [0.2, 0.25) is 24.6 Å². The van der Waals surface area contributed by atoms with Gasteiger partial charge in [0.1, 0.15) is 11.8 Å². The third kappa shape index (κ3) is 24.7. The van der Waals surface area contributed by atoms with Gasteiger partial charge in [0.05, 0.1) is 12.6 Å². The third-order valence-electron chi connectivity index (χ3n) is 8.03. The fourth-order valence-electron chi connectivity index (χ4n) is 5.25. The molecule has 6 N–H and O–H groups in total. The summed E-state index contributed by atoms with van der Waals surface area (Å²) in [5.41, 5.74) is 5.49. The molecule has 13 nitrogen and oxygen atoms in total. The molecule has 1 heterocycles. The minimum atomic E-state index is -0.663. The molecule has 0 radical (unpaired) electrons. The summed E-state index contributed by atoms with van der Waals surface area (Å²) in [6, 6.07) is -0.684. The van der Waals surface area contributed by atoms with Crippen LogP contribution >= 0.6 is 0 Å². The number of nitrogens with two attached hydrogens (primary N) is 1. The summed E-state index contributed by atoms with van der Waals surface area (Å²) in [6.45, 7) is 20.3. The zero-order chi connectivity index (χ0) is 39.2. The van der Waals surface area contributed by atoms with E-state index in [9.17, 15) is 28.8 Å². The van der Waals surface area contributed by atoms with E-state index in [0.717, 1.165) is 63.8 Å². The van der Waals surface area contributed by atoms with Gasteiger partial charge in [0.15, 0.2) is 5.78 Å². The Balaban J connectivity index is 0. The van der Waals surface area contributed by atoms with Gasteiger partial charge in [-0.1, -0.05) is 72.8 Å². The molecule has 0 bridgehead atoms. The van der Waals surface area contributed by atoms with Crippen LogP contribution in [0.4, 0.5) is 0 Å². The predicted octanol–water partition coefficient (Wildman–Crippen LogP) is 4.17. The summed E-state index contributed by atoms with van der Waals surface area (Å²) in [6.07, 6.45) is 15.7. The number of Topliss-reactive ketones (excluding diaryl/α,β-unsaturated/α-hetero) is 1. The van der Waals surface area contributed by atoms with Crippen LogP contribution < -0.4 is 27.0 Å². The highest BCUT2D eigenvalue weighted by Gasteiger charge is 2.32. The Morgan fingerprint density at radius 2 is 1.55 bits per heavy atom. The van der Waals surface area contributed by atoms with Crippen LogP contribution in [-0.4, -0.2) is 84.7 Å². The summed E-state index contributed by atoms with van der Waals surface area (Å²) < 4.78 is 0. The van der Waals surface area contributed by atoms with Crippen molar-refractivity contribution in [3.63, 3.8) is 0 Å². The second-order valence-electron chi connectivity index (χ2n) is 13.4. The summed E-state index contributed by atoms with van der Waals surface area (Å²) in [5, 5.41) is 10.5. The first kappa shape index (κ1) is 49.1. The average Bonchev–Trinajstić information content (AvgIpc) is 3.84. The lowest BCUT2D eigenvalue weighted by atomic mass is 9.83. The van der Waals surface area contributed by atoms with Crippen molar-refractivity contribution in [2.75, 3.05) is 19.6 Å². The van der Waals surface area contributed by atoms with Crippen molar-refractivity contribution in [1.29, 1.82) is 0 Å². The minimum absolute atomic E-state index is 0.0365. The molecule has 3 unspecified atom stereocenters. The number of ketones is 1. The van der Waals surface area contributed by atoms with Crippen molar-refractivity contribution in [2.24, 2.45) is 28.5 Å². The quantitative estimate of drug-likeness (QED) is 0.0726. The average molecular weight is 720 g/mol. The van der Waals surface area contributed by atoms with Crippen molar-refractivity contribution < 1.29 is 28.8 Å². The molecule has 3 atom stereocenters. The number of likely N-dealkylation sites (tertiary alicyclic amines) is 1. The lowest BCUT2D eigenvalue weighted by molar-refractivity contribution is -0.134. The van der Waals surface area contributed by atoms with Crippen molar-refractivity contribution in [2.45, 2.75) is 138 Å². The van der Waals surface area contributed by atoms with E-state index in [2.05, 4.69) is 53.6 Å². The topological polar surface area (TPSA) is 192 Å². The van der Waals surface area contributed by atoms with E-state index in [1.54, 1.807) is 13.0 Å². The van der Waals surface area contributed by atoms with Crippen LogP contribution in [0.5, 0.6) is 0 Å². The van der Waals surface area contributed by atoms with Gasteiger partial charge < -0.3 is 31.9 Å². The molecule has 1 saturated heterocycles. The van der Waals surface area contributed by atoms with Gasteiger partial charge in [0, 0.05) is 31.5 Å². The molecule has 3 rings (SSSR count). The van der Waals surface area contributed by atoms with Gasteiger partial charge in [-0.15, -0.1) is 6.58 Å². The molecular weight excluding hydrogens is 650 g/mol. The standard InChI is InChI=1S/C20H33N5O3.C8H13NO2.C4H7NO.C4H10.C2H6/c1-14-7-6-12-25(14)17(26)13-23-20(28)18(16-8-4-3-5-9-16)24-19(27)15(2)22-11-10-21;1-6(11)8(9-5-10)4-7-2-3-7;1-2-3-5-4-6;1-4(2)3;1-2/h10-11,14,16,18H,3-9,12-13,21H2,1-2H3,(H,23,28)(H,24,27);5,7-8H,2-4H2,1H3,(H,9,10);2,4H,1,3H2,(H,5,6);4H,1-3H3;1-2H3/b11-10-,22-15?;;;;. The normalized spacial score (nSPS) is 17.9. The molecule has 3 fully saturated rings. The molecule has 1 aliphatic heterocycles. The zero-order valence-corrected chi connectivity index (χ0v) is 32.7. The number of hydrogen-bond acceptors (Lipinski definition) is 8. The van der Waals surface area contributed by atoms with E-state index in [-0.39, 0.29) is 47.9 Å². The molecule has 0 spiro atoms. The van der Waals surface area contributed by atoms with Gasteiger partial charge in [0.25, 0.3) is 5.91 Å². The van der Waals surface area contributed by atoms with Gasteiger partial charge >= 0.3 is 0 Å². The van der Waals surface area contributed by atoms with E-state index >= 15 is 0 Å². The van der Waals surface area contributed by atoms with Crippen LogP contribution in [-0.2, 0) is 28.8 Å². The van der Waals surface area contributed by atoms with Crippen LogP contribution in [0.15, 0.2) is 30.0 Å². The smallest absolute Gasteiger partial charge is 0.266 e. The lowest BCUT2D eigenvalue weighted by Crippen LogP contribution is -2.54. The van der Waals surface area contributed by atoms with Crippen molar-refractivity contribution >= 4 is 42.0 Å². The zero-order valence-electron chi connectivity index (χ0n) is 32.7. The highest BCUT2D eigenvalue weighted by molar-refractivity contribution is 6.38. The first-order chi connectivity index (χ1) is 24.3. The molecule has 0 aromatic carbocycles. The summed E-state index contributed by atoms with van der Waals surface area (Å²) >= 11 is 0. The van der Waals surface area contributed by atoms with Crippen LogP contribution in [0.2, 0.25) is 0 Å². The van der Waals surface area contributed by atoms with Gasteiger partial charge in [-0.3, -0.25) is 33.8 Å². The molecule has 2 saturated carbocycles. The highest BCUT2D eigenvalue weighted by atomic mass is 16.2. The number of nitrogens with one attached hydrogen (secondary N) is 4. The molecule has 5 amide bonds. The highest BCUT2D eigenvalue weighted by Crippen LogP contribution is 2.33. The fourth-order valence-corrected chi connectivity index (χ4v) is 5.25. The maximum atomic E-state index is 12.8. The third-order valence-corrected chi connectivity index (χ3v) is 8.03. The monoisotopic (exact) mass is 720 g/mol. The number of rotatable bonds is 15. The summed E-state index contributed by atoms with van der Waals surface area (Å²) in [4.78, 5) is 73.8. The van der Waals surface area contributed by atoms with E-state index in [4.69, 9.17) is 5.73 Å². The van der Waals surface area contributed by atoms with E-state index in [1.165, 1.54) is 32.2 Å². The van der Waals surface area contributed by atoms with Crippen molar-refractivity contribution in [1.82, 2.24) is 26.2 Å². The number of amides is 5. The van der Waals surface area contributed by atoms with E-state index in [1.807, 2.05) is 25.7 Å². The molecule has 51 heavy (non-hydrogen) atoms. The fraction of sp³-hybridized carbons (Fsp3) is 0.711. The molecule has 0 aromatic rings. The second kappa shape index (κ2) is 30.8. The first-order valence-corrected chi connectivity index (χ1v) is 18.6. The first-order valence-electron chi connectivity index (χ1n) is 18.6. The van der Waals surface area contributed by atoms with E-state index < -0.39 is 11.9 Å². The Hall–Kier alpha value is -4.03. The number of carbonyl (C=O) groups is 6. The second-order valence-corrected chi connectivity index (χ2v) is 13.4.